The van der Waals surface area contributed by atoms with Gasteiger partial charge < -0.3 is 10.2 Å². The van der Waals surface area contributed by atoms with Crippen molar-refractivity contribution in [1.82, 2.24) is 5.32 Å². The summed E-state index contributed by atoms with van der Waals surface area (Å²) in [5.41, 5.74) is 2.30. The largest absolute Gasteiger partial charge is 0.511 e. The van der Waals surface area contributed by atoms with Crippen LogP contribution in [0.4, 0.5) is 0 Å². The lowest BCUT2D eigenvalue weighted by molar-refractivity contribution is -0.129. The lowest BCUT2D eigenvalue weighted by Gasteiger charge is -2.23. The van der Waals surface area contributed by atoms with Crippen molar-refractivity contribution in [2.45, 2.75) is 12.8 Å². The van der Waals surface area contributed by atoms with Crippen molar-refractivity contribution in [2.24, 2.45) is 0 Å². The quantitative estimate of drug-likeness (QED) is 0.700. The molecule has 2 aromatic carbocycles. The number of nitrogens with one attached hydrogen (secondary N) is 1. The number of piperidine rings is 1. The average molecular weight is 333 g/mol. The number of phenolic OH excluding ortho intramolecular Hbond substituents is 1. The number of rotatable bonds is 1. The lowest BCUT2D eigenvalue weighted by atomic mass is 9.87. The molecule has 1 saturated heterocycles. The van der Waals surface area contributed by atoms with E-state index >= 15 is 0 Å². The van der Waals surface area contributed by atoms with E-state index in [1.54, 1.807) is 18.2 Å². The highest BCUT2D eigenvalue weighted by molar-refractivity contribution is 6.12. The number of phenols is 1. The van der Waals surface area contributed by atoms with E-state index in [9.17, 15) is 19.8 Å². The second kappa shape index (κ2) is 5.63. The van der Waals surface area contributed by atoms with E-state index in [0.717, 1.165) is 21.9 Å². The highest BCUT2D eigenvalue weighted by Crippen LogP contribution is 2.34. The van der Waals surface area contributed by atoms with Gasteiger partial charge in [0.05, 0.1) is 12.0 Å². The molecule has 0 bridgehead atoms. The molecule has 0 radical (unpaired) electrons. The topological polar surface area (TPSA) is 86.6 Å². The van der Waals surface area contributed by atoms with E-state index in [2.05, 4.69) is 5.32 Å². The number of allylic oxidation sites excluding steroid dienone is 2. The van der Waals surface area contributed by atoms with Crippen LogP contribution in [0.5, 0.6) is 5.75 Å². The van der Waals surface area contributed by atoms with Crippen molar-refractivity contribution in [3.8, 4) is 5.75 Å². The van der Waals surface area contributed by atoms with E-state index in [4.69, 9.17) is 0 Å². The summed E-state index contributed by atoms with van der Waals surface area (Å²) in [5.74, 6) is -0.821. The van der Waals surface area contributed by atoms with Crippen molar-refractivity contribution in [3.63, 3.8) is 0 Å². The molecule has 0 aromatic heterocycles. The van der Waals surface area contributed by atoms with E-state index in [-0.39, 0.29) is 35.8 Å². The van der Waals surface area contributed by atoms with Crippen LogP contribution >= 0.6 is 0 Å². The zero-order chi connectivity index (χ0) is 17.6. The molecule has 0 atom stereocenters. The van der Waals surface area contributed by atoms with Gasteiger partial charge in [-0.15, -0.1) is 0 Å². The number of hydrogen-bond acceptors (Lipinski definition) is 4. The van der Waals surface area contributed by atoms with Crippen molar-refractivity contribution in [1.29, 1.82) is 0 Å². The highest BCUT2D eigenvalue weighted by Gasteiger charge is 2.31. The summed E-state index contributed by atoms with van der Waals surface area (Å²) in [4.78, 5) is 23.5. The van der Waals surface area contributed by atoms with E-state index in [1.165, 1.54) is 0 Å². The van der Waals surface area contributed by atoms with Crippen LogP contribution in [-0.2, 0) is 9.59 Å². The Balaban J connectivity index is 1.82. The number of fused-ring (bicyclic) bond motifs is 2. The second-order valence-electron chi connectivity index (χ2n) is 6.20. The standard InChI is InChI=1S/C20H15NO4/c22-15-8-12-3-1-2-4-16(12)13(9-15)5-11-6-14-10-18(24)21-20(25)19(14)17(23)7-11/h1-6,8-9,22-23H,7,10H2,(H,21,24,25). The molecule has 5 heteroatoms. The fourth-order valence-electron chi connectivity index (χ4n) is 3.37. The molecule has 0 spiro atoms. The predicted molar refractivity (Wildman–Crippen MR) is 93.7 cm³/mol. The van der Waals surface area contributed by atoms with Gasteiger partial charge in [0, 0.05) is 6.42 Å². The van der Waals surface area contributed by atoms with Crippen LogP contribution in [0.1, 0.15) is 18.4 Å². The molecule has 124 valence electrons. The summed E-state index contributed by atoms with van der Waals surface area (Å²) in [5, 5.41) is 24.3. The van der Waals surface area contributed by atoms with Crippen LogP contribution < -0.4 is 5.32 Å². The van der Waals surface area contributed by atoms with Crippen LogP contribution in [0, 0.1) is 0 Å². The van der Waals surface area contributed by atoms with Gasteiger partial charge in [0.15, 0.2) is 0 Å². The van der Waals surface area contributed by atoms with Crippen molar-refractivity contribution in [3.05, 3.63) is 70.5 Å². The molecule has 5 nitrogen and oxygen atoms in total. The first-order chi connectivity index (χ1) is 12.0. The van der Waals surface area contributed by atoms with E-state index in [1.807, 2.05) is 30.3 Å². The molecular formula is C20H15NO4. The van der Waals surface area contributed by atoms with Crippen LogP contribution in [0.3, 0.4) is 0 Å². The number of amides is 2. The minimum atomic E-state index is -0.554. The number of carbonyl (C=O) groups excluding carboxylic acids is 2. The number of aliphatic hydroxyl groups excluding tert-OH is 1. The van der Waals surface area contributed by atoms with Crippen LogP contribution in [0.15, 0.2) is 65.0 Å². The number of imide groups is 1. The zero-order valence-corrected chi connectivity index (χ0v) is 13.2. The molecule has 2 aromatic rings. The van der Waals surface area contributed by atoms with E-state index < -0.39 is 5.91 Å². The molecule has 2 aliphatic rings. The van der Waals surface area contributed by atoms with Crippen molar-refractivity contribution < 1.29 is 19.8 Å². The predicted octanol–water partition coefficient (Wildman–Crippen LogP) is 3.12. The summed E-state index contributed by atoms with van der Waals surface area (Å²) in [6.07, 6.45) is 3.89. The van der Waals surface area contributed by atoms with Gasteiger partial charge >= 0.3 is 0 Å². The number of aliphatic hydroxyl groups is 1. The zero-order valence-electron chi connectivity index (χ0n) is 13.2. The lowest BCUT2D eigenvalue weighted by Crippen LogP contribution is -2.38. The highest BCUT2D eigenvalue weighted by atomic mass is 16.3. The number of carbonyl (C=O) groups is 2. The van der Waals surface area contributed by atoms with Gasteiger partial charge in [0.25, 0.3) is 5.91 Å². The van der Waals surface area contributed by atoms with Gasteiger partial charge in [-0.2, -0.15) is 0 Å². The SMILES string of the molecule is O=C1CC2=CC(=Cc3cc(O)cc4ccccc34)CC(O)=C2C(=O)N1. The van der Waals surface area contributed by atoms with Gasteiger partial charge in [-0.1, -0.05) is 36.4 Å². The Morgan fingerprint density at radius 1 is 1.04 bits per heavy atom. The third-order valence-electron chi connectivity index (χ3n) is 4.39. The summed E-state index contributed by atoms with van der Waals surface area (Å²) >= 11 is 0. The van der Waals surface area contributed by atoms with Gasteiger partial charge in [0.2, 0.25) is 5.91 Å². The Bertz CT molecular complexity index is 1030. The van der Waals surface area contributed by atoms with Gasteiger partial charge in [-0.05, 0) is 39.6 Å². The fraction of sp³-hybridized carbons (Fsp3) is 0.100. The number of benzene rings is 2. The molecule has 1 fully saturated rings. The molecule has 1 aliphatic heterocycles. The molecule has 1 aliphatic carbocycles. The Labute approximate surface area is 143 Å². The summed E-state index contributed by atoms with van der Waals surface area (Å²) < 4.78 is 0. The summed E-state index contributed by atoms with van der Waals surface area (Å²) in [6, 6.07) is 11.0. The van der Waals surface area contributed by atoms with Crippen molar-refractivity contribution >= 4 is 28.7 Å². The van der Waals surface area contributed by atoms with Gasteiger partial charge in [-0.3, -0.25) is 14.9 Å². The molecule has 2 amide bonds. The first kappa shape index (κ1) is 15.2. The molecular weight excluding hydrogens is 318 g/mol. The van der Waals surface area contributed by atoms with Crippen LogP contribution in [-0.4, -0.2) is 22.0 Å². The monoisotopic (exact) mass is 333 g/mol. The summed E-state index contributed by atoms with van der Waals surface area (Å²) in [7, 11) is 0. The van der Waals surface area contributed by atoms with Crippen LogP contribution in [0.2, 0.25) is 0 Å². The third kappa shape index (κ3) is 2.70. The first-order valence-corrected chi connectivity index (χ1v) is 7.91. The van der Waals surface area contributed by atoms with Gasteiger partial charge in [0.1, 0.15) is 11.5 Å². The normalized spacial score (nSPS) is 19.0. The minimum Gasteiger partial charge on any atom is -0.511 e. The Kier molecular flexibility index (Phi) is 3.42. The molecule has 1 heterocycles. The first-order valence-electron chi connectivity index (χ1n) is 7.91. The Morgan fingerprint density at radius 3 is 2.68 bits per heavy atom. The maximum Gasteiger partial charge on any atom is 0.261 e. The van der Waals surface area contributed by atoms with Crippen LogP contribution in [0.25, 0.3) is 16.8 Å². The molecule has 4 rings (SSSR count). The summed E-state index contributed by atoms with van der Waals surface area (Å²) in [6.45, 7) is 0. The smallest absolute Gasteiger partial charge is 0.261 e. The molecule has 0 unspecified atom stereocenters. The average Bonchev–Trinajstić information content (AvgIpc) is 2.53. The maximum atomic E-state index is 11.9. The number of aromatic hydroxyl groups is 1. The molecule has 0 saturated carbocycles. The Hall–Kier alpha value is -3.34. The second-order valence-corrected chi connectivity index (χ2v) is 6.20. The van der Waals surface area contributed by atoms with Crippen molar-refractivity contribution in [2.75, 3.05) is 0 Å². The molecule has 25 heavy (non-hydrogen) atoms. The van der Waals surface area contributed by atoms with Gasteiger partial charge in [-0.25, -0.2) is 0 Å². The number of hydrogen-bond donors (Lipinski definition) is 3. The Morgan fingerprint density at radius 2 is 1.84 bits per heavy atom. The van der Waals surface area contributed by atoms with E-state index in [0.29, 0.717) is 5.57 Å². The maximum absolute atomic E-state index is 11.9. The minimum absolute atomic E-state index is 0.0433. The fourth-order valence-corrected chi connectivity index (χ4v) is 3.37. The third-order valence-corrected chi connectivity index (χ3v) is 4.39. The molecule has 3 N–H and O–H groups in total.